The molecule has 1 heteroatoms. The van der Waals surface area contributed by atoms with Gasteiger partial charge in [-0.3, -0.25) is 0 Å². The van der Waals surface area contributed by atoms with Crippen molar-refractivity contribution >= 4 is 5.69 Å². The van der Waals surface area contributed by atoms with Gasteiger partial charge in [-0.2, -0.15) is 0 Å². The van der Waals surface area contributed by atoms with Gasteiger partial charge < -0.3 is 4.90 Å². The summed E-state index contributed by atoms with van der Waals surface area (Å²) >= 11 is 0. The van der Waals surface area contributed by atoms with Gasteiger partial charge in [0.2, 0.25) is 0 Å². The van der Waals surface area contributed by atoms with E-state index in [0.717, 1.165) is 25.8 Å². The van der Waals surface area contributed by atoms with Gasteiger partial charge in [0.15, 0.2) is 0 Å². The summed E-state index contributed by atoms with van der Waals surface area (Å²) in [4.78, 5) is 2.56. The SMILES string of the molecule is C.CC.CC.CC.CC.CC.CCc1cc(C)cc(CN2c3ccccc3[C@H](C)[C@@H]2C)c1.c1ccc2c(c1)Cc1ccccc1-2.c1ccc2c(c1)Cc1ccccc1-2. The highest BCUT2D eigenvalue weighted by molar-refractivity contribution is 5.77. The van der Waals surface area contributed by atoms with Crippen LogP contribution in [-0.2, 0) is 25.8 Å². The minimum absolute atomic E-state index is 0. The molecule has 0 radical (unpaired) electrons. The summed E-state index contributed by atoms with van der Waals surface area (Å²) in [6.45, 7) is 30.1. The molecule has 0 N–H and O–H groups in total. The van der Waals surface area contributed by atoms with Crippen molar-refractivity contribution in [2.24, 2.45) is 0 Å². The lowest BCUT2D eigenvalue weighted by atomic mass is 9.98. The number of benzene rings is 6. The van der Waals surface area contributed by atoms with E-state index in [0.29, 0.717) is 12.0 Å². The first kappa shape index (κ1) is 51.1. The van der Waals surface area contributed by atoms with Gasteiger partial charge in [0.05, 0.1) is 0 Å². The van der Waals surface area contributed by atoms with E-state index in [4.69, 9.17) is 0 Å². The zero-order valence-electron chi connectivity index (χ0n) is 38.2. The molecule has 2 aliphatic carbocycles. The van der Waals surface area contributed by atoms with Gasteiger partial charge in [-0.1, -0.05) is 230 Å². The smallest absolute Gasteiger partial charge is 0.0433 e. The molecule has 0 saturated carbocycles. The molecule has 6 aromatic carbocycles. The van der Waals surface area contributed by atoms with Gasteiger partial charge in [0.25, 0.3) is 0 Å². The third kappa shape index (κ3) is 12.8. The zero-order valence-corrected chi connectivity index (χ0v) is 38.2. The van der Waals surface area contributed by atoms with Crippen molar-refractivity contribution in [1.82, 2.24) is 0 Å². The standard InChI is InChI=1S/C20H25N.2C13H10.5C2H6.CH4/c1-5-17-10-14(2)11-18(12-17)13-21-16(4)15(3)19-8-6-7-9-20(19)21;2*1-3-7-12-10(5-1)9-11-6-2-4-8-13(11)12;5*1-2;/h6-12,15-16H,5,13H2,1-4H3;2*1-8H,9H2;5*1-2H3;1H4/t15-,16+;;;;;;;;/m1......../s1. The molecule has 0 amide bonds. The highest BCUT2D eigenvalue weighted by Crippen LogP contribution is 2.41. The molecule has 3 aliphatic rings. The van der Waals surface area contributed by atoms with Gasteiger partial charge in [-0.25, -0.2) is 0 Å². The number of anilines is 1. The van der Waals surface area contributed by atoms with Crippen LogP contribution in [0.4, 0.5) is 5.69 Å². The molecule has 2 atom stereocenters. The maximum Gasteiger partial charge on any atom is 0.0433 e. The Hall–Kier alpha value is -4.88. The Labute approximate surface area is 357 Å². The molecule has 58 heavy (non-hydrogen) atoms. The third-order valence-electron chi connectivity index (χ3n) is 10.3. The monoisotopic (exact) mass is 778 g/mol. The summed E-state index contributed by atoms with van der Waals surface area (Å²) < 4.78 is 0. The van der Waals surface area contributed by atoms with Crippen LogP contribution in [0.5, 0.6) is 0 Å². The fraction of sp³-hybridized carbons (Fsp3) is 0.368. The summed E-state index contributed by atoms with van der Waals surface area (Å²) in [5, 5.41) is 0. The Bertz CT molecular complexity index is 1840. The highest BCUT2D eigenvalue weighted by Gasteiger charge is 2.32. The van der Waals surface area contributed by atoms with Gasteiger partial charge >= 0.3 is 0 Å². The van der Waals surface area contributed by atoms with Crippen LogP contribution in [0.15, 0.2) is 140 Å². The number of rotatable bonds is 3. The van der Waals surface area contributed by atoms with Crippen LogP contribution in [0.25, 0.3) is 22.3 Å². The summed E-state index contributed by atoms with van der Waals surface area (Å²) in [5.41, 5.74) is 18.7. The summed E-state index contributed by atoms with van der Waals surface area (Å²) in [6, 6.07) is 51.0. The molecular formula is C57H79N. The molecule has 0 unspecified atom stereocenters. The molecule has 0 saturated heterocycles. The molecule has 312 valence electrons. The quantitative estimate of drug-likeness (QED) is 0.173. The van der Waals surface area contributed by atoms with E-state index in [-0.39, 0.29) is 7.43 Å². The number of aryl methyl sites for hydroxylation is 2. The van der Waals surface area contributed by atoms with Crippen molar-refractivity contribution in [2.45, 2.75) is 142 Å². The average molecular weight is 778 g/mol. The van der Waals surface area contributed by atoms with E-state index >= 15 is 0 Å². The molecule has 0 aromatic heterocycles. The molecule has 9 rings (SSSR count). The van der Waals surface area contributed by atoms with Crippen molar-refractivity contribution in [3.63, 3.8) is 0 Å². The largest absolute Gasteiger partial charge is 0.364 e. The van der Waals surface area contributed by atoms with Crippen molar-refractivity contribution in [3.05, 3.63) is 184 Å². The minimum Gasteiger partial charge on any atom is -0.364 e. The van der Waals surface area contributed by atoms with E-state index in [1.165, 1.54) is 72.4 Å². The van der Waals surface area contributed by atoms with Gasteiger partial charge in [0, 0.05) is 24.2 Å². The van der Waals surface area contributed by atoms with Crippen LogP contribution in [0.2, 0.25) is 0 Å². The third-order valence-corrected chi connectivity index (χ3v) is 10.3. The van der Waals surface area contributed by atoms with Crippen LogP contribution >= 0.6 is 0 Å². The second-order valence-corrected chi connectivity index (χ2v) is 13.4. The van der Waals surface area contributed by atoms with Crippen LogP contribution in [0.1, 0.15) is 148 Å². The van der Waals surface area contributed by atoms with E-state index < -0.39 is 0 Å². The fourth-order valence-electron chi connectivity index (χ4n) is 7.71. The lowest BCUT2D eigenvalue weighted by molar-refractivity contribution is 0.591. The second kappa shape index (κ2) is 27.7. The summed E-state index contributed by atoms with van der Waals surface area (Å²) in [6.07, 6.45) is 3.32. The van der Waals surface area contributed by atoms with Crippen LogP contribution in [0.3, 0.4) is 0 Å². The molecule has 0 spiro atoms. The minimum atomic E-state index is 0. The van der Waals surface area contributed by atoms with E-state index in [1.807, 2.05) is 69.2 Å². The second-order valence-electron chi connectivity index (χ2n) is 13.4. The predicted molar refractivity (Wildman–Crippen MR) is 264 cm³/mol. The molecule has 1 heterocycles. The molecule has 0 fully saturated rings. The maximum absolute atomic E-state index is 2.56. The normalized spacial score (nSPS) is 13.5. The van der Waals surface area contributed by atoms with Crippen LogP contribution < -0.4 is 4.90 Å². The van der Waals surface area contributed by atoms with Gasteiger partial charge in [0.1, 0.15) is 0 Å². The Morgan fingerprint density at radius 3 is 1.21 bits per heavy atom. The van der Waals surface area contributed by atoms with Crippen molar-refractivity contribution in [2.75, 3.05) is 4.90 Å². The van der Waals surface area contributed by atoms with Crippen molar-refractivity contribution in [3.8, 4) is 22.3 Å². The van der Waals surface area contributed by atoms with Crippen molar-refractivity contribution < 1.29 is 0 Å². The number of hydrogen-bond acceptors (Lipinski definition) is 1. The fourth-order valence-corrected chi connectivity index (χ4v) is 7.71. The zero-order chi connectivity index (χ0) is 42.3. The Kier molecular flexibility index (Phi) is 24.4. The first-order valence-electron chi connectivity index (χ1n) is 22.3. The number of nitrogens with zero attached hydrogens (tertiary/aromatic N) is 1. The van der Waals surface area contributed by atoms with Gasteiger partial charge in [-0.15, -0.1) is 0 Å². The molecule has 1 aliphatic heterocycles. The first-order chi connectivity index (χ1) is 28.0. The molecule has 1 nitrogen and oxygen atoms in total. The average Bonchev–Trinajstić information content (AvgIpc) is 3.94. The maximum atomic E-state index is 2.56. The Balaban J connectivity index is 0.000000399. The number of fused-ring (bicyclic) bond motifs is 7. The van der Waals surface area contributed by atoms with E-state index in [1.54, 1.807) is 0 Å². The lowest BCUT2D eigenvalue weighted by Gasteiger charge is -2.27. The Morgan fingerprint density at radius 2 is 0.810 bits per heavy atom. The topological polar surface area (TPSA) is 3.24 Å². The van der Waals surface area contributed by atoms with E-state index in [2.05, 4.69) is 172 Å². The highest BCUT2D eigenvalue weighted by atomic mass is 15.2. The van der Waals surface area contributed by atoms with Crippen LogP contribution in [0, 0.1) is 6.92 Å². The molecule has 6 aromatic rings. The summed E-state index contributed by atoms with van der Waals surface area (Å²) in [7, 11) is 0. The predicted octanol–water partition coefficient (Wildman–Crippen LogP) is 17.4. The molecular weight excluding hydrogens is 699 g/mol. The van der Waals surface area contributed by atoms with Gasteiger partial charge in [-0.05, 0) is 100 Å². The molecule has 0 bridgehead atoms. The first-order valence-corrected chi connectivity index (χ1v) is 22.3. The number of para-hydroxylation sites is 1. The van der Waals surface area contributed by atoms with Crippen molar-refractivity contribution in [1.29, 1.82) is 0 Å². The van der Waals surface area contributed by atoms with Crippen LogP contribution in [-0.4, -0.2) is 6.04 Å². The number of hydrogen-bond donors (Lipinski definition) is 0. The lowest BCUT2D eigenvalue weighted by Crippen LogP contribution is -2.30. The Morgan fingerprint density at radius 1 is 0.466 bits per heavy atom. The van der Waals surface area contributed by atoms with E-state index in [9.17, 15) is 0 Å². The summed E-state index contributed by atoms with van der Waals surface area (Å²) in [5.74, 6) is 0.608.